The van der Waals surface area contributed by atoms with Gasteiger partial charge in [0.2, 0.25) is 21.8 Å². The van der Waals surface area contributed by atoms with Gasteiger partial charge in [-0.1, -0.05) is 29.8 Å². The summed E-state index contributed by atoms with van der Waals surface area (Å²) in [6.07, 6.45) is -0.760. The van der Waals surface area contributed by atoms with Crippen LogP contribution in [0.3, 0.4) is 0 Å². The lowest BCUT2D eigenvalue weighted by atomic mass is 10.1. The Morgan fingerprint density at radius 1 is 1.26 bits per heavy atom. The Labute approximate surface area is 161 Å². The minimum absolute atomic E-state index is 0.0414. The number of anilines is 1. The first-order valence-corrected chi connectivity index (χ1v) is 9.82. The number of nitrogens with two attached hydrogens (primary N) is 1. The van der Waals surface area contributed by atoms with Gasteiger partial charge >= 0.3 is 0 Å². The molecule has 0 aliphatic carbocycles. The summed E-state index contributed by atoms with van der Waals surface area (Å²) < 4.78 is 29.3. The Bertz CT molecular complexity index is 1070. The third kappa shape index (κ3) is 4.64. The van der Waals surface area contributed by atoms with E-state index in [1.807, 2.05) is 6.07 Å². The summed E-state index contributed by atoms with van der Waals surface area (Å²) >= 11 is 6.09. The van der Waals surface area contributed by atoms with Crippen LogP contribution in [0.1, 0.15) is 11.5 Å². The van der Waals surface area contributed by atoms with Gasteiger partial charge in [-0.3, -0.25) is 0 Å². The number of aromatic nitrogens is 2. The number of nitrogens with zero attached hydrogens (tertiary/aromatic N) is 2. The van der Waals surface area contributed by atoms with Gasteiger partial charge in [0.05, 0.1) is 10.5 Å². The molecular weight excluding hydrogens is 392 g/mol. The molecule has 0 spiro atoms. The van der Waals surface area contributed by atoms with Crippen LogP contribution in [0.15, 0.2) is 51.8 Å². The van der Waals surface area contributed by atoms with Crippen LogP contribution in [-0.4, -0.2) is 29.9 Å². The molecule has 1 heterocycles. The van der Waals surface area contributed by atoms with Crippen molar-refractivity contribution in [3.8, 4) is 11.5 Å². The lowest BCUT2D eigenvalue weighted by Gasteiger charge is -2.16. The third-order valence-electron chi connectivity index (χ3n) is 3.75. The monoisotopic (exact) mass is 408 g/mol. The smallest absolute Gasteiger partial charge is 0.249 e. The molecule has 1 atom stereocenters. The van der Waals surface area contributed by atoms with Crippen LogP contribution < -0.4 is 10.5 Å². The van der Waals surface area contributed by atoms with E-state index in [-0.39, 0.29) is 22.8 Å². The normalized spacial score (nSPS) is 12.7. The summed E-state index contributed by atoms with van der Waals surface area (Å²) in [6.45, 7) is 1.59. The van der Waals surface area contributed by atoms with Gasteiger partial charge in [0.1, 0.15) is 6.23 Å². The van der Waals surface area contributed by atoms with Crippen LogP contribution >= 0.6 is 11.6 Å². The van der Waals surface area contributed by atoms with Crippen LogP contribution in [0.5, 0.6) is 0 Å². The van der Waals surface area contributed by atoms with Crippen molar-refractivity contribution in [1.29, 1.82) is 0 Å². The molecule has 3 aromatic rings. The lowest BCUT2D eigenvalue weighted by Crippen LogP contribution is -2.22. The van der Waals surface area contributed by atoms with Gasteiger partial charge in [-0.05, 0) is 29.8 Å². The topological polar surface area (TPSA) is 131 Å². The SMILES string of the molecule is Cc1nnc(-c2ccc(NC(O)Cc3ccccc3Cl)cc2S(N)(=O)=O)o1. The number of rotatable bonds is 6. The fourth-order valence-electron chi connectivity index (χ4n) is 2.55. The van der Waals surface area contributed by atoms with Crippen LogP contribution in [-0.2, 0) is 16.4 Å². The van der Waals surface area contributed by atoms with E-state index in [1.54, 1.807) is 31.2 Å². The molecule has 8 nitrogen and oxygen atoms in total. The van der Waals surface area contributed by atoms with Gasteiger partial charge in [-0.15, -0.1) is 10.2 Å². The second kappa shape index (κ2) is 7.65. The molecule has 0 bridgehead atoms. The highest BCUT2D eigenvalue weighted by atomic mass is 35.5. The second-order valence-electron chi connectivity index (χ2n) is 5.84. The molecule has 1 unspecified atom stereocenters. The molecule has 3 rings (SSSR count). The Morgan fingerprint density at radius 3 is 2.63 bits per heavy atom. The van der Waals surface area contributed by atoms with Crippen molar-refractivity contribution in [2.45, 2.75) is 24.5 Å². The molecule has 142 valence electrons. The molecular formula is C17H17ClN4O4S. The standard InChI is InChI=1S/C17H17ClN4O4S/c1-10-21-22-17(26-10)13-7-6-12(9-15(13)27(19,24)25)20-16(23)8-11-4-2-3-5-14(11)18/h2-7,9,16,20,23H,8H2,1H3,(H2,19,24,25). The maximum absolute atomic E-state index is 12.0. The number of hydrogen-bond acceptors (Lipinski definition) is 7. The van der Waals surface area contributed by atoms with E-state index in [2.05, 4.69) is 15.5 Å². The van der Waals surface area contributed by atoms with Gasteiger partial charge in [-0.25, -0.2) is 13.6 Å². The maximum atomic E-state index is 12.0. The third-order valence-corrected chi connectivity index (χ3v) is 5.07. The molecule has 10 heteroatoms. The first-order chi connectivity index (χ1) is 12.7. The van der Waals surface area contributed by atoms with Gasteiger partial charge in [-0.2, -0.15) is 0 Å². The number of primary sulfonamides is 1. The Morgan fingerprint density at radius 2 is 2.00 bits per heavy atom. The van der Waals surface area contributed by atoms with E-state index >= 15 is 0 Å². The van der Waals surface area contributed by atoms with Crippen LogP contribution in [0.25, 0.3) is 11.5 Å². The zero-order valence-corrected chi connectivity index (χ0v) is 15.8. The summed E-state index contributed by atoms with van der Waals surface area (Å²) in [4.78, 5) is -0.193. The molecule has 0 fully saturated rings. The fourth-order valence-corrected chi connectivity index (χ4v) is 3.51. The fraction of sp³-hybridized carbons (Fsp3) is 0.176. The highest BCUT2D eigenvalue weighted by molar-refractivity contribution is 7.89. The maximum Gasteiger partial charge on any atom is 0.249 e. The van der Waals surface area contributed by atoms with Gasteiger partial charge < -0.3 is 14.8 Å². The number of aliphatic hydroxyl groups is 1. The average molecular weight is 409 g/mol. The molecule has 1 aromatic heterocycles. The Kier molecular flexibility index (Phi) is 5.47. The predicted molar refractivity (Wildman–Crippen MR) is 101 cm³/mol. The number of aryl methyl sites for hydroxylation is 1. The van der Waals surface area contributed by atoms with Gasteiger partial charge in [0.15, 0.2) is 0 Å². The van der Waals surface area contributed by atoms with E-state index in [0.29, 0.717) is 16.6 Å². The Hall–Kier alpha value is -2.46. The van der Waals surface area contributed by atoms with Crippen LogP contribution in [0, 0.1) is 6.92 Å². The number of nitrogens with one attached hydrogen (secondary N) is 1. The first kappa shape index (κ1) is 19.3. The molecule has 4 N–H and O–H groups in total. The van der Waals surface area contributed by atoms with Crippen LogP contribution in [0.4, 0.5) is 5.69 Å². The number of aliphatic hydroxyl groups excluding tert-OH is 1. The quantitative estimate of drug-likeness (QED) is 0.533. The summed E-state index contributed by atoms with van der Waals surface area (Å²) in [6, 6.07) is 11.5. The van der Waals surface area contributed by atoms with Gasteiger partial charge in [0.25, 0.3) is 0 Å². The number of benzene rings is 2. The minimum Gasteiger partial charge on any atom is -0.421 e. The first-order valence-electron chi connectivity index (χ1n) is 7.89. The van der Waals surface area contributed by atoms with Crippen molar-refractivity contribution in [3.63, 3.8) is 0 Å². The summed E-state index contributed by atoms with van der Waals surface area (Å²) in [5, 5.41) is 26.5. The molecule has 0 saturated heterocycles. The molecule has 0 saturated carbocycles. The highest BCUT2D eigenvalue weighted by Gasteiger charge is 2.20. The minimum atomic E-state index is -4.07. The average Bonchev–Trinajstić information content (AvgIpc) is 3.02. The molecule has 0 aliphatic heterocycles. The number of hydrogen-bond donors (Lipinski definition) is 3. The summed E-state index contributed by atoms with van der Waals surface area (Å²) in [7, 11) is -4.07. The molecule has 0 radical (unpaired) electrons. The highest BCUT2D eigenvalue weighted by Crippen LogP contribution is 2.29. The largest absolute Gasteiger partial charge is 0.421 e. The van der Waals surface area contributed by atoms with Gasteiger partial charge in [0, 0.05) is 24.1 Å². The van der Waals surface area contributed by atoms with E-state index in [4.69, 9.17) is 21.2 Å². The summed E-state index contributed by atoms with van der Waals surface area (Å²) in [5.74, 6) is 0.336. The Balaban J connectivity index is 1.87. The van der Waals surface area contributed by atoms with Crippen molar-refractivity contribution in [2.24, 2.45) is 5.14 Å². The molecule has 0 amide bonds. The van der Waals surface area contributed by atoms with E-state index < -0.39 is 16.3 Å². The van der Waals surface area contributed by atoms with E-state index in [0.717, 1.165) is 5.56 Å². The van der Waals surface area contributed by atoms with Crippen LogP contribution in [0.2, 0.25) is 5.02 Å². The van der Waals surface area contributed by atoms with E-state index in [9.17, 15) is 13.5 Å². The zero-order valence-electron chi connectivity index (χ0n) is 14.3. The predicted octanol–water partition coefficient (Wildman–Crippen LogP) is 2.32. The summed E-state index contributed by atoms with van der Waals surface area (Å²) in [5.41, 5.74) is 1.30. The van der Waals surface area contributed by atoms with E-state index in [1.165, 1.54) is 12.1 Å². The molecule has 27 heavy (non-hydrogen) atoms. The van der Waals surface area contributed by atoms with Crippen molar-refractivity contribution in [3.05, 3.63) is 58.9 Å². The number of sulfonamides is 1. The second-order valence-corrected chi connectivity index (χ2v) is 7.77. The molecule has 0 aliphatic rings. The lowest BCUT2D eigenvalue weighted by molar-refractivity contribution is 0.204. The van der Waals surface area contributed by atoms with Crippen molar-refractivity contribution in [2.75, 3.05) is 5.32 Å². The van der Waals surface area contributed by atoms with Crippen molar-refractivity contribution < 1.29 is 17.9 Å². The molecule has 2 aromatic carbocycles. The number of halogens is 1. The van der Waals surface area contributed by atoms with Crippen molar-refractivity contribution >= 4 is 27.3 Å². The zero-order chi connectivity index (χ0) is 19.6. The van der Waals surface area contributed by atoms with Crippen molar-refractivity contribution in [1.82, 2.24) is 10.2 Å².